The highest BCUT2D eigenvalue weighted by atomic mass is 32.2. The highest BCUT2D eigenvalue weighted by Gasteiger charge is 2.50. The van der Waals surface area contributed by atoms with Gasteiger partial charge in [-0.3, -0.25) is 4.79 Å². The van der Waals surface area contributed by atoms with E-state index in [0.717, 1.165) is 33.4 Å². The maximum atomic E-state index is 13.1. The highest BCUT2D eigenvalue weighted by Crippen LogP contribution is 2.47. The molecule has 0 radical (unpaired) electrons. The lowest BCUT2D eigenvalue weighted by Crippen LogP contribution is -2.48. The number of piperidine rings is 1. The standard InChI is InChI=1S/C23H21N5O4S/c1-14-21(12-26-32-14)33(30,31)28-8-6-23(7-9-28)17-10-15(2-4-18(17)27-22(23)29)16-3-5-19-20(11-16)25-13-24-19/h2-5,10-13H,6-9H2,1H3,(H,24,25)(H,27,29). The fourth-order valence-corrected chi connectivity index (χ4v) is 6.51. The Bertz CT molecular complexity index is 1510. The number of carbonyl (C=O) groups is 1. The predicted octanol–water partition coefficient (Wildman–Crippen LogP) is 3.20. The zero-order valence-electron chi connectivity index (χ0n) is 17.8. The van der Waals surface area contributed by atoms with Gasteiger partial charge in [0.15, 0.2) is 5.76 Å². The minimum absolute atomic E-state index is 0.0723. The minimum atomic E-state index is -3.72. The van der Waals surface area contributed by atoms with Crippen LogP contribution in [0.1, 0.15) is 24.2 Å². The topological polar surface area (TPSA) is 121 Å². The third-order valence-corrected chi connectivity index (χ3v) is 8.87. The molecule has 2 aromatic carbocycles. The number of anilines is 1. The van der Waals surface area contributed by atoms with E-state index in [4.69, 9.17) is 4.52 Å². The van der Waals surface area contributed by atoms with Crippen molar-refractivity contribution >= 4 is 32.7 Å². The van der Waals surface area contributed by atoms with Gasteiger partial charge in [-0.2, -0.15) is 4.31 Å². The number of amides is 1. The van der Waals surface area contributed by atoms with Gasteiger partial charge in [-0.1, -0.05) is 17.3 Å². The molecule has 4 aromatic rings. The SMILES string of the molecule is Cc1oncc1S(=O)(=O)N1CCC2(CC1)C(=O)Nc1ccc(-c3ccc4nc[nH]c4c3)cc12. The number of nitrogens with zero attached hydrogens (tertiary/aromatic N) is 3. The summed E-state index contributed by atoms with van der Waals surface area (Å²) >= 11 is 0. The van der Waals surface area contributed by atoms with Crippen LogP contribution in [0.2, 0.25) is 0 Å². The van der Waals surface area contributed by atoms with E-state index in [1.165, 1.54) is 10.5 Å². The molecule has 1 amide bonds. The van der Waals surface area contributed by atoms with Crippen LogP contribution < -0.4 is 5.32 Å². The van der Waals surface area contributed by atoms with Gasteiger partial charge in [0.1, 0.15) is 4.90 Å². The number of nitrogens with one attached hydrogen (secondary N) is 2. The van der Waals surface area contributed by atoms with E-state index in [2.05, 4.69) is 26.5 Å². The maximum Gasteiger partial charge on any atom is 0.248 e. The highest BCUT2D eigenvalue weighted by molar-refractivity contribution is 7.89. The molecule has 1 saturated heterocycles. The maximum absolute atomic E-state index is 13.1. The molecule has 2 aliphatic rings. The van der Waals surface area contributed by atoms with Crippen LogP contribution in [0.5, 0.6) is 0 Å². The fourth-order valence-electron chi connectivity index (χ4n) is 4.99. The molecule has 0 bridgehead atoms. The van der Waals surface area contributed by atoms with Crippen molar-refractivity contribution in [2.24, 2.45) is 0 Å². The van der Waals surface area contributed by atoms with Gasteiger partial charge in [0, 0.05) is 18.8 Å². The Morgan fingerprint density at radius 1 is 1.09 bits per heavy atom. The molecule has 0 atom stereocenters. The molecule has 2 aromatic heterocycles. The lowest BCUT2D eigenvalue weighted by molar-refractivity contribution is -0.122. The van der Waals surface area contributed by atoms with E-state index < -0.39 is 15.4 Å². The number of sulfonamides is 1. The van der Waals surface area contributed by atoms with E-state index in [0.29, 0.717) is 12.8 Å². The van der Waals surface area contributed by atoms with Crippen molar-refractivity contribution < 1.29 is 17.7 Å². The number of carbonyl (C=O) groups excluding carboxylic acids is 1. The molecule has 1 spiro atoms. The molecule has 6 rings (SSSR count). The average Bonchev–Trinajstić information content (AvgIpc) is 3.52. The van der Waals surface area contributed by atoms with Gasteiger partial charge in [-0.05, 0) is 60.7 Å². The van der Waals surface area contributed by atoms with Gasteiger partial charge < -0.3 is 14.8 Å². The summed E-state index contributed by atoms with van der Waals surface area (Å²) in [5, 5.41) is 6.60. The van der Waals surface area contributed by atoms with Crippen LogP contribution in [0.4, 0.5) is 5.69 Å². The van der Waals surface area contributed by atoms with E-state index in [1.54, 1.807) is 13.3 Å². The molecule has 9 nitrogen and oxygen atoms in total. The summed E-state index contributed by atoms with van der Waals surface area (Å²) in [5.41, 5.74) is 4.82. The van der Waals surface area contributed by atoms with Crippen LogP contribution in [0.25, 0.3) is 22.2 Å². The van der Waals surface area contributed by atoms with Crippen molar-refractivity contribution in [2.45, 2.75) is 30.1 Å². The number of hydrogen-bond donors (Lipinski definition) is 2. The average molecular weight is 464 g/mol. The van der Waals surface area contributed by atoms with Crippen molar-refractivity contribution in [2.75, 3.05) is 18.4 Å². The molecule has 2 N–H and O–H groups in total. The number of aryl methyl sites for hydroxylation is 1. The largest absolute Gasteiger partial charge is 0.360 e. The zero-order chi connectivity index (χ0) is 22.8. The molecule has 0 aliphatic carbocycles. The van der Waals surface area contributed by atoms with Crippen LogP contribution in [0.15, 0.2) is 58.3 Å². The smallest absolute Gasteiger partial charge is 0.248 e. The molecule has 168 valence electrons. The number of imidazole rings is 1. The number of fused-ring (bicyclic) bond motifs is 3. The second-order valence-corrected chi connectivity index (χ2v) is 10.5. The number of H-pyrrole nitrogens is 1. The second-order valence-electron chi connectivity index (χ2n) is 8.58. The molecule has 10 heteroatoms. The first kappa shape index (κ1) is 20.1. The monoisotopic (exact) mass is 463 g/mol. The van der Waals surface area contributed by atoms with Gasteiger partial charge in [0.05, 0.1) is 29.0 Å². The second kappa shape index (κ2) is 7.00. The van der Waals surface area contributed by atoms with Gasteiger partial charge >= 0.3 is 0 Å². The first-order valence-electron chi connectivity index (χ1n) is 10.7. The summed E-state index contributed by atoms with van der Waals surface area (Å²) < 4.78 is 32.4. The van der Waals surface area contributed by atoms with Crippen LogP contribution in [-0.2, 0) is 20.2 Å². The molecule has 33 heavy (non-hydrogen) atoms. The molecule has 0 unspecified atom stereocenters. The summed E-state index contributed by atoms with van der Waals surface area (Å²) in [6.07, 6.45) is 3.70. The fraction of sp³-hybridized carbons (Fsp3) is 0.261. The van der Waals surface area contributed by atoms with Gasteiger partial charge in [0.2, 0.25) is 15.9 Å². The number of hydrogen-bond acceptors (Lipinski definition) is 6. The van der Waals surface area contributed by atoms with Crippen LogP contribution >= 0.6 is 0 Å². The minimum Gasteiger partial charge on any atom is -0.360 e. The Morgan fingerprint density at radius 2 is 1.85 bits per heavy atom. The molecular weight excluding hydrogens is 442 g/mol. The Morgan fingerprint density at radius 3 is 2.61 bits per heavy atom. The van der Waals surface area contributed by atoms with E-state index in [9.17, 15) is 13.2 Å². The van der Waals surface area contributed by atoms with Crippen LogP contribution in [-0.4, -0.2) is 46.8 Å². The zero-order valence-corrected chi connectivity index (χ0v) is 18.6. The van der Waals surface area contributed by atoms with Crippen molar-refractivity contribution in [3.8, 4) is 11.1 Å². The van der Waals surface area contributed by atoms with Gasteiger partial charge in [-0.25, -0.2) is 13.4 Å². The van der Waals surface area contributed by atoms with Crippen molar-refractivity contribution in [3.05, 3.63) is 60.2 Å². The predicted molar refractivity (Wildman–Crippen MR) is 121 cm³/mol. The van der Waals surface area contributed by atoms with Gasteiger partial charge in [-0.15, -0.1) is 0 Å². The Balaban J connectivity index is 1.33. The summed E-state index contributed by atoms with van der Waals surface area (Å²) in [5.74, 6) is 0.190. The molecule has 1 fully saturated rings. The first-order chi connectivity index (χ1) is 15.9. The summed E-state index contributed by atoms with van der Waals surface area (Å²) in [7, 11) is -3.72. The number of rotatable bonds is 3. The van der Waals surface area contributed by atoms with Crippen LogP contribution in [0.3, 0.4) is 0 Å². The number of benzene rings is 2. The first-order valence-corrected chi connectivity index (χ1v) is 12.1. The number of aromatic amines is 1. The van der Waals surface area contributed by atoms with E-state index >= 15 is 0 Å². The number of aromatic nitrogens is 3. The van der Waals surface area contributed by atoms with Crippen molar-refractivity contribution in [3.63, 3.8) is 0 Å². The molecular formula is C23H21N5O4S. The van der Waals surface area contributed by atoms with Crippen molar-refractivity contribution in [1.82, 2.24) is 19.4 Å². The normalized spacial score (nSPS) is 18.0. The lowest BCUT2D eigenvalue weighted by Gasteiger charge is -2.37. The Kier molecular flexibility index (Phi) is 4.27. The van der Waals surface area contributed by atoms with Crippen molar-refractivity contribution in [1.29, 1.82) is 0 Å². The van der Waals surface area contributed by atoms with Gasteiger partial charge in [0.25, 0.3) is 0 Å². The lowest BCUT2D eigenvalue weighted by atomic mass is 9.73. The third kappa shape index (κ3) is 2.94. The molecule has 0 saturated carbocycles. The summed E-state index contributed by atoms with van der Waals surface area (Å²) in [6, 6.07) is 12.0. The van der Waals surface area contributed by atoms with Crippen LogP contribution in [0, 0.1) is 6.92 Å². The summed E-state index contributed by atoms with van der Waals surface area (Å²) in [4.78, 5) is 20.6. The quantitative estimate of drug-likeness (QED) is 0.481. The summed E-state index contributed by atoms with van der Waals surface area (Å²) in [6.45, 7) is 2.06. The van der Waals surface area contributed by atoms with E-state index in [1.807, 2.05) is 30.3 Å². The molecule has 4 heterocycles. The van der Waals surface area contributed by atoms with E-state index in [-0.39, 0.29) is 29.7 Å². The Hall–Kier alpha value is -3.50. The third-order valence-electron chi connectivity index (χ3n) is 6.87. The molecule has 2 aliphatic heterocycles. The Labute approximate surface area is 189 Å².